The van der Waals surface area contributed by atoms with Crippen LogP contribution in [0.15, 0.2) is 77.3 Å². The fourth-order valence-corrected chi connectivity index (χ4v) is 3.21. The van der Waals surface area contributed by atoms with Gasteiger partial charge >= 0.3 is 0 Å². The van der Waals surface area contributed by atoms with Gasteiger partial charge in [0.05, 0.1) is 11.0 Å². The highest BCUT2D eigenvalue weighted by Crippen LogP contribution is 2.34. The minimum absolute atomic E-state index is 1.03. The molecule has 21 heavy (non-hydrogen) atoms. The molecule has 0 aliphatic rings. The smallest absolute Gasteiger partial charge is 0.0715 e. The number of halogens is 1. The molecule has 1 aromatic heterocycles. The van der Waals surface area contributed by atoms with Crippen molar-refractivity contribution in [3.63, 3.8) is 0 Å². The molecule has 100 valence electrons. The van der Waals surface area contributed by atoms with Gasteiger partial charge in [0.25, 0.3) is 0 Å². The third kappa shape index (κ3) is 2.12. The largest absolute Gasteiger partial charge is 0.248 e. The van der Waals surface area contributed by atoms with Crippen LogP contribution in [-0.4, -0.2) is 4.98 Å². The molecule has 4 aromatic rings. The molecule has 3 aromatic carbocycles. The summed E-state index contributed by atoms with van der Waals surface area (Å²) in [4.78, 5) is 4.78. The third-order valence-electron chi connectivity index (χ3n) is 3.72. The molecule has 4 rings (SSSR count). The highest BCUT2D eigenvalue weighted by atomic mass is 79.9. The maximum Gasteiger partial charge on any atom is 0.0715 e. The minimum Gasteiger partial charge on any atom is -0.248 e. The lowest BCUT2D eigenvalue weighted by molar-refractivity contribution is 1.49. The summed E-state index contributed by atoms with van der Waals surface area (Å²) >= 11 is 3.65. The minimum atomic E-state index is 1.03. The number of nitrogens with zero attached hydrogens (tertiary/aromatic N) is 1. The zero-order valence-electron chi connectivity index (χ0n) is 11.3. The zero-order valence-corrected chi connectivity index (χ0v) is 12.8. The van der Waals surface area contributed by atoms with E-state index in [0.717, 1.165) is 15.5 Å². The van der Waals surface area contributed by atoms with Crippen LogP contribution in [0, 0.1) is 0 Å². The Kier molecular flexibility index (Phi) is 2.97. The van der Waals surface area contributed by atoms with E-state index in [1.165, 1.54) is 21.9 Å². The quantitative estimate of drug-likeness (QED) is 0.400. The average Bonchev–Trinajstić information content (AvgIpc) is 2.53. The van der Waals surface area contributed by atoms with Gasteiger partial charge < -0.3 is 0 Å². The Bertz CT molecular complexity index is 960. The molecule has 0 saturated carbocycles. The topological polar surface area (TPSA) is 12.9 Å². The lowest BCUT2D eigenvalue weighted by Gasteiger charge is -2.09. The van der Waals surface area contributed by atoms with Crippen molar-refractivity contribution in [2.45, 2.75) is 0 Å². The van der Waals surface area contributed by atoms with E-state index in [-0.39, 0.29) is 0 Å². The van der Waals surface area contributed by atoms with E-state index in [9.17, 15) is 0 Å². The Labute approximate surface area is 131 Å². The van der Waals surface area contributed by atoms with Crippen LogP contribution in [0.4, 0.5) is 0 Å². The predicted octanol–water partition coefficient (Wildman–Crippen LogP) is 5.82. The lowest BCUT2D eigenvalue weighted by Crippen LogP contribution is -1.86. The molecular weight excluding hydrogens is 322 g/mol. The summed E-state index contributed by atoms with van der Waals surface area (Å²) in [5.74, 6) is 0. The van der Waals surface area contributed by atoms with Crippen molar-refractivity contribution < 1.29 is 0 Å². The second kappa shape index (κ2) is 4.97. The molecular formula is C19H12BrN. The number of benzene rings is 3. The van der Waals surface area contributed by atoms with Crippen molar-refractivity contribution in [1.29, 1.82) is 0 Å². The second-order valence-corrected chi connectivity index (χ2v) is 5.89. The number of para-hydroxylation sites is 1. The number of hydrogen-bond acceptors (Lipinski definition) is 1. The first kappa shape index (κ1) is 12.5. The Hall–Kier alpha value is -2.19. The number of hydrogen-bond donors (Lipinski definition) is 0. The van der Waals surface area contributed by atoms with Gasteiger partial charge in [-0.15, -0.1) is 0 Å². The molecule has 2 heteroatoms. The van der Waals surface area contributed by atoms with Crippen molar-refractivity contribution in [2.24, 2.45) is 0 Å². The number of aromatic nitrogens is 1. The highest BCUT2D eigenvalue weighted by molar-refractivity contribution is 9.10. The lowest BCUT2D eigenvalue weighted by atomic mass is 9.99. The second-order valence-electron chi connectivity index (χ2n) is 5.03. The normalized spacial score (nSPS) is 11.1. The summed E-state index contributed by atoms with van der Waals surface area (Å²) in [6.07, 6.45) is 0. The van der Waals surface area contributed by atoms with E-state index < -0.39 is 0 Å². The summed E-state index contributed by atoms with van der Waals surface area (Å²) < 4.78 is 1.10. The van der Waals surface area contributed by atoms with Gasteiger partial charge in [0, 0.05) is 15.2 Å². The number of rotatable bonds is 1. The Morgan fingerprint density at radius 3 is 2.29 bits per heavy atom. The molecule has 0 spiro atoms. The number of pyridine rings is 1. The fourth-order valence-electron chi connectivity index (χ4n) is 2.71. The molecule has 0 atom stereocenters. The van der Waals surface area contributed by atoms with E-state index in [1.807, 2.05) is 12.1 Å². The van der Waals surface area contributed by atoms with Crippen LogP contribution in [0.25, 0.3) is 32.9 Å². The van der Waals surface area contributed by atoms with E-state index in [1.54, 1.807) is 0 Å². The average molecular weight is 334 g/mol. The summed E-state index contributed by atoms with van der Waals surface area (Å²) in [6, 6.07) is 25.1. The van der Waals surface area contributed by atoms with E-state index in [0.29, 0.717) is 0 Å². The van der Waals surface area contributed by atoms with Crippen LogP contribution >= 0.6 is 15.9 Å². The van der Waals surface area contributed by atoms with E-state index >= 15 is 0 Å². The molecule has 0 saturated heterocycles. The molecule has 0 unspecified atom stereocenters. The first-order chi connectivity index (χ1) is 10.3. The molecule has 0 N–H and O–H groups in total. The van der Waals surface area contributed by atoms with Crippen molar-refractivity contribution in [3.05, 3.63) is 77.3 Å². The van der Waals surface area contributed by atoms with Gasteiger partial charge in [0.2, 0.25) is 0 Å². The Balaban J connectivity index is 2.10. The van der Waals surface area contributed by atoms with Gasteiger partial charge in [0.1, 0.15) is 0 Å². The summed E-state index contributed by atoms with van der Waals surface area (Å²) in [5.41, 5.74) is 4.47. The molecule has 0 aliphatic carbocycles. The third-order valence-corrected chi connectivity index (χ3v) is 4.42. The molecule has 0 radical (unpaired) electrons. The molecule has 0 fully saturated rings. The van der Waals surface area contributed by atoms with Crippen LogP contribution in [0.2, 0.25) is 0 Å². The van der Waals surface area contributed by atoms with Crippen molar-refractivity contribution in [1.82, 2.24) is 4.98 Å². The van der Waals surface area contributed by atoms with Crippen molar-refractivity contribution in [3.8, 4) is 11.1 Å². The molecule has 1 nitrogen and oxygen atoms in total. The Morgan fingerprint density at radius 1 is 0.667 bits per heavy atom. The molecule has 1 heterocycles. The maximum atomic E-state index is 4.78. The fraction of sp³-hybridized carbons (Fsp3) is 0. The summed E-state index contributed by atoms with van der Waals surface area (Å²) in [6.45, 7) is 0. The maximum absolute atomic E-state index is 4.78. The van der Waals surface area contributed by atoms with Crippen molar-refractivity contribution >= 4 is 37.7 Å². The van der Waals surface area contributed by atoms with Crippen LogP contribution in [0.1, 0.15) is 0 Å². The van der Waals surface area contributed by atoms with E-state index in [2.05, 4.69) is 76.6 Å². The molecule has 0 amide bonds. The van der Waals surface area contributed by atoms with Crippen LogP contribution < -0.4 is 0 Å². The van der Waals surface area contributed by atoms with Gasteiger partial charge in [0.15, 0.2) is 0 Å². The SMILES string of the molecule is Brc1ccccc1-c1cccc2nc3ccccc3cc12. The van der Waals surface area contributed by atoms with Gasteiger partial charge in [-0.2, -0.15) is 0 Å². The van der Waals surface area contributed by atoms with Crippen LogP contribution in [-0.2, 0) is 0 Å². The van der Waals surface area contributed by atoms with Crippen LogP contribution in [0.5, 0.6) is 0 Å². The van der Waals surface area contributed by atoms with Gasteiger partial charge in [-0.05, 0) is 35.4 Å². The van der Waals surface area contributed by atoms with E-state index in [4.69, 9.17) is 4.98 Å². The van der Waals surface area contributed by atoms with Gasteiger partial charge in [-0.3, -0.25) is 0 Å². The molecule has 0 aliphatic heterocycles. The summed E-state index contributed by atoms with van der Waals surface area (Å²) in [7, 11) is 0. The number of fused-ring (bicyclic) bond motifs is 2. The first-order valence-electron chi connectivity index (χ1n) is 6.86. The van der Waals surface area contributed by atoms with Crippen molar-refractivity contribution in [2.75, 3.05) is 0 Å². The monoisotopic (exact) mass is 333 g/mol. The summed E-state index contributed by atoms with van der Waals surface area (Å²) in [5, 5.41) is 2.35. The molecule has 0 bridgehead atoms. The first-order valence-corrected chi connectivity index (χ1v) is 7.66. The standard InChI is InChI=1S/C19H12BrN/c20-17-9-3-2-7-15(17)14-8-5-11-19-16(14)12-13-6-1-4-10-18(13)21-19/h1-12H. The highest BCUT2D eigenvalue weighted by Gasteiger charge is 2.08. The predicted molar refractivity (Wildman–Crippen MR) is 92.4 cm³/mol. The van der Waals surface area contributed by atoms with Gasteiger partial charge in [-0.1, -0.05) is 64.5 Å². The van der Waals surface area contributed by atoms with Gasteiger partial charge in [-0.25, -0.2) is 4.98 Å². The Morgan fingerprint density at radius 2 is 1.38 bits per heavy atom. The van der Waals surface area contributed by atoms with Crippen LogP contribution in [0.3, 0.4) is 0 Å². The zero-order chi connectivity index (χ0) is 14.2.